The topological polar surface area (TPSA) is 79.8 Å². The molecular weight excluding hydrogens is 361 g/mol. The maximum Gasteiger partial charge on any atom is 0.259 e. The SMILES string of the molecule is CN1C(=O)c2cccnc2OC2CN(S(=O)(=O)c3cccc(F)c3)CC21. The first-order chi connectivity index (χ1) is 12.4. The van der Waals surface area contributed by atoms with Gasteiger partial charge in [0.15, 0.2) is 0 Å². The molecule has 2 unspecified atom stereocenters. The molecular formula is C17H16FN3O4S. The van der Waals surface area contributed by atoms with Crippen molar-refractivity contribution < 1.29 is 22.3 Å². The Morgan fingerprint density at radius 3 is 2.81 bits per heavy atom. The van der Waals surface area contributed by atoms with Gasteiger partial charge in [0, 0.05) is 19.8 Å². The lowest BCUT2D eigenvalue weighted by molar-refractivity contribution is 0.0681. The van der Waals surface area contributed by atoms with Crippen LogP contribution in [0.3, 0.4) is 0 Å². The highest BCUT2D eigenvalue weighted by Gasteiger charge is 2.46. The summed E-state index contributed by atoms with van der Waals surface area (Å²) >= 11 is 0. The van der Waals surface area contributed by atoms with Crippen LogP contribution in [0.5, 0.6) is 5.88 Å². The van der Waals surface area contributed by atoms with Gasteiger partial charge in [-0.2, -0.15) is 4.31 Å². The molecule has 1 aromatic heterocycles. The van der Waals surface area contributed by atoms with Crippen molar-refractivity contribution in [3.63, 3.8) is 0 Å². The molecule has 2 atom stereocenters. The van der Waals surface area contributed by atoms with E-state index in [-0.39, 0.29) is 29.8 Å². The fourth-order valence-electron chi connectivity index (χ4n) is 3.32. The van der Waals surface area contributed by atoms with Gasteiger partial charge < -0.3 is 9.64 Å². The predicted molar refractivity (Wildman–Crippen MR) is 89.7 cm³/mol. The first kappa shape index (κ1) is 16.9. The number of fused-ring (bicyclic) bond motifs is 2. The second-order valence-corrected chi connectivity index (χ2v) is 8.21. The van der Waals surface area contributed by atoms with Crippen molar-refractivity contribution in [2.45, 2.75) is 17.0 Å². The summed E-state index contributed by atoms with van der Waals surface area (Å²) in [6, 6.07) is 7.68. The van der Waals surface area contributed by atoms with Gasteiger partial charge in [-0.1, -0.05) is 6.07 Å². The zero-order valence-corrected chi connectivity index (χ0v) is 14.7. The normalized spacial score (nSPS) is 23.2. The number of sulfonamides is 1. The van der Waals surface area contributed by atoms with E-state index in [0.29, 0.717) is 5.56 Å². The number of nitrogens with zero attached hydrogens (tertiary/aromatic N) is 3. The van der Waals surface area contributed by atoms with E-state index in [0.717, 1.165) is 6.07 Å². The number of rotatable bonds is 2. The van der Waals surface area contributed by atoms with Gasteiger partial charge in [0.1, 0.15) is 17.5 Å². The molecule has 0 N–H and O–H groups in total. The second-order valence-electron chi connectivity index (χ2n) is 6.28. The van der Waals surface area contributed by atoms with E-state index in [2.05, 4.69) is 4.98 Å². The van der Waals surface area contributed by atoms with Gasteiger partial charge in [-0.25, -0.2) is 17.8 Å². The molecule has 2 aliphatic heterocycles. The second kappa shape index (κ2) is 6.03. The van der Waals surface area contributed by atoms with Crippen molar-refractivity contribution in [2.24, 2.45) is 0 Å². The molecule has 7 nitrogen and oxygen atoms in total. The molecule has 136 valence electrons. The Balaban J connectivity index is 1.67. The maximum absolute atomic E-state index is 13.4. The maximum atomic E-state index is 13.4. The van der Waals surface area contributed by atoms with Gasteiger partial charge in [-0.3, -0.25) is 4.79 Å². The zero-order chi connectivity index (χ0) is 18.5. The third-order valence-electron chi connectivity index (χ3n) is 4.72. The number of benzene rings is 1. The largest absolute Gasteiger partial charge is 0.470 e. The van der Waals surface area contributed by atoms with E-state index < -0.39 is 28.0 Å². The van der Waals surface area contributed by atoms with Gasteiger partial charge in [-0.05, 0) is 30.3 Å². The molecule has 0 spiro atoms. The number of likely N-dealkylation sites (N-methyl/N-ethyl adjacent to an activating group) is 1. The molecule has 1 amide bonds. The Morgan fingerprint density at radius 2 is 2.04 bits per heavy atom. The molecule has 4 rings (SSSR count). The monoisotopic (exact) mass is 377 g/mol. The summed E-state index contributed by atoms with van der Waals surface area (Å²) in [5, 5.41) is 0. The molecule has 0 bridgehead atoms. The smallest absolute Gasteiger partial charge is 0.259 e. The molecule has 1 aromatic carbocycles. The molecule has 1 saturated heterocycles. The van der Waals surface area contributed by atoms with Gasteiger partial charge in [0.05, 0.1) is 17.5 Å². The Labute approximate surface area is 150 Å². The first-order valence-corrected chi connectivity index (χ1v) is 9.46. The van der Waals surface area contributed by atoms with Crippen molar-refractivity contribution in [1.82, 2.24) is 14.2 Å². The average molecular weight is 377 g/mol. The number of carbonyl (C=O) groups excluding carboxylic acids is 1. The van der Waals surface area contributed by atoms with Crippen LogP contribution in [0.25, 0.3) is 0 Å². The summed E-state index contributed by atoms with van der Waals surface area (Å²) in [7, 11) is -2.28. The minimum atomic E-state index is -3.89. The molecule has 2 aromatic rings. The Bertz CT molecular complexity index is 981. The van der Waals surface area contributed by atoms with Crippen LogP contribution in [0.1, 0.15) is 10.4 Å². The van der Waals surface area contributed by atoms with Crippen molar-refractivity contribution in [2.75, 3.05) is 20.1 Å². The summed E-state index contributed by atoms with van der Waals surface area (Å²) in [5.74, 6) is -0.700. The van der Waals surface area contributed by atoms with E-state index in [9.17, 15) is 17.6 Å². The standard InChI is InChI=1S/C17H16FN3O4S/c1-20-14-9-21(26(23,24)12-5-2-4-11(18)8-12)10-15(14)25-16-13(17(20)22)6-3-7-19-16/h2-8,14-15H,9-10H2,1H3. The highest BCUT2D eigenvalue weighted by molar-refractivity contribution is 7.89. The number of hydrogen-bond acceptors (Lipinski definition) is 5. The third kappa shape index (κ3) is 2.63. The lowest BCUT2D eigenvalue weighted by Crippen LogP contribution is -2.44. The molecule has 2 aliphatic rings. The predicted octanol–water partition coefficient (Wildman–Crippen LogP) is 1.13. The Morgan fingerprint density at radius 1 is 1.23 bits per heavy atom. The van der Waals surface area contributed by atoms with Crippen molar-refractivity contribution >= 4 is 15.9 Å². The van der Waals surface area contributed by atoms with E-state index in [1.165, 1.54) is 33.6 Å². The number of amides is 1. The van der Waals surface area contributed by atoms with Crippen LogP contribution >= 0.6 is 0 Å². The quantitative estimate of drug-likeness (QED) is 0.784. The molecule has 3 heterocycles. The first-order valence-electron chi connectivity index (χ1n) is 8.02. The number of aromatic nitrogens is 1. The summed E-state index contributed by atoms with van der Waals surface area (Å²) in [6.45, 7) is 0.122. The number of pyridine rings is 1. The highest BCUT2D eigenvalue weighted by atomic mass is 32.2. The van der Waals surface area contributed by atoms with E-state index in [1.807, 2.05) is 0 Å². The van der Waals surface area contributed by atoms with Crippen molar-refractivity contribution in [3.05, 3.63) is 54.0 Å². The van der Waals surface area contributed by atoms with Crippen LogP contribution in [-0.2, 0) is 10.0 Å². The van der Waals surface area contributed by atoms with Gasteiger partial charge >= 0.3 is 0 Å². The van der Waals surface area contributed by atoms with E-state index >= 15 is 0 Å². The zero-order valence-electron chi connectivity index (χ0n) is 13.9. The third-order valence-corrected chi connectivity index (χ3v) is 6.55. The van der Waals surface area contributed by atoms with Gasteiger partial charge in [0.25, 0.3) is 5.91 Å². The Hall–Kier alpha value is -2.52. The molecule has 0 radical (unpaired) electrons. The van der Waals surface area contributed by atoms with Crippen molar-refractivity contribution in [1.29, 1.82) is 0 Å². The minimum absolute atomic E-state index is 0.0527. The lowest BCUT2D eigenvalue weighted by Gasteiger charge is -2.24. The fraction of sp³-hybridized carbons (Fsp3) is 0.294. The highest BCUT2D eigenvalue weighted by Crippen LogP contribution is 2.31. The summed E-state index contributed by atoms with van der Waals surface area (Å²) < 4.78 is 46.2. The van der Waals surface area contributed by atoms with Gasteiger partial charge in [0.2, 0.25) is 15.9 Å². The summed E-state index contributed by atoms with van der Waals surface area (Å²) in [4.78, 5) is 18.1. The van der Waals surface area contributed by atoms with E-state index in [1.54, 1.807) is 19.2 Å². The van der Waals surface area contributed by atoms with Crippen molar-refractivity contribution in [3.8, 4) is 5.88 Å². The average Bonchev–Trinajstić information content (AvgIpc) is 3.02. The van der Waals surface area contributed by atoms with E-state index in [4.69, 9.17) is 4.74 Å². The number of carbonyl (C=O) groups is 1. The summed E-state index contributed by atoms with van der Waals surface area (Å²) in [6.07, 6.45) is 0.964. The van der Waals surface area contributed by atoms with Crippen LogP contribution < -0.4 is 4.74 Å². The van der Waals surface area contributed by atoms with Crippen LogP contribution in [0, 0.1) is 5.82 Å². The number of halogens is 1. The molecule has 0 aliphatic carbocycles. The lowest BCUT2D eigenvalue weighted by atomic mass is 10.2. The van der Waals surface area contributed by atoms with Crippen LogP contribution in [0.2, 0.25) is 0 Å². The molecule has 9 heteroatoms. The number of hydrogen-bond donors (Lipinski definition) is 0. The molecule has 0 saturated carbocycles. The van der Waals surface area contributed by atoms with Crippen LogP contribution in [-0.4, -0.2) is 60.8 Å². The van der Waals surface area contributed by atoms with Gasteiger partial charge in [-0.15, -0.1) is 0 Å². The fourth-order valence-corrected chi connectivity index (χ4v) is 4.82. The molecule has 26 heavy (non-hydrogen) atoms. The minimum Gasteiger partial charge on any atom is -0.470 e. The van der Waals surface area contributed by atoms with Crippen LogP contribution in [0.15, 0.2) is 47.5 Å². The van der Waals surface area contributed by atoms with Crippen LogP contribution in [0.4, 0.5) is 4.39 Å². The molecule has 1 fully saturated rings. The Kier molecular flexibility index (Phi) is 3.92. The number of ether oxygens (including phenoxy) is 1. The summed E-state index contributed by atoms with van der Waals surface area (Å²) in [5.41, 5.74) is 0.351.